The molecule has 0 saturated heterocycles. The Bertz CT molecular complexity index is 720. The SMILES string of the molecule is CC(=O)NC(c1ccccc1)c1nc(-c2cccs2)cs1. The van der Waals surface area contributed by atoms with E-state index >= 15 is 0 Å². The number of nitrogens with one attached hydrogen (secondary N) is 1. The van der Waals surface area contributed by atoms with E-state index in [9.17, 15) is 4.79 Å². The van der Waals surface area contributed by atoms with Gasteiger partial charge in [0.15, 0.2) is 0 Å². The number of aromatic nitrogens is 1. The van der Waals surface area contributed by atoms with Crippen molar-refractivity contribution in [2.75, 3.05) is 0 Å². The van der Waals surface area contributed by atoms with Gasteiger partial charge in [0.25, 0.3) is 0 Å². The molecule has 3 rings (SSSR count). The summed E-state index contributed by atoms with van der Waals surface area (Å²) in [4.78, 5) is 17.3. The van der Waals surface area contributed by atoms with E-state index in [2.05, 4.69) is 11.4 Å². The Balaban J connectivity index is 1.95. The first-order chi connectivity index (χ1) is 10.2. The summed E-state index contributed by atoms with van der Waals surface area (Å²) in [6.45, 7) is 1.53. The third kappa shape index (κ3) is 3.20. The Kier molecular flexibility index (Phi) is 4.13. The summed E-state index contributed by atoms with van der Waals surface area (Å²) < 4.78 is 0. The van der Waals surface area contributed by atoms with Gasteiger partial charge in [-0.25, -0.2) is 4.98 Å². The van der Waals surface area contributed by atoms with Gasteiger partial charge in [0, 0.05) is 12.3 Å². The van der Waals surface area contributed by atoms with Crippen LogP contribution in [0.2, 0.25) is 0 Å². The maximum atomic E-state index is 11.5. The van der Waals surface area contributed by atoms with Crippen LogP contribution in [-0.4, -0.2) is 10.9 Å². The maximum Gasteiger partial charge on any atom is 0.217 e. The molecule has 1 N–H and O–H groups in total. The molecule has 0 radical (unpaired) electrons. The van der Waals surface area contributed by atoms with Crippen molar-refractivity contribution in [3.63, 3.8) is 0 Å². The van der Waals surface area contributed by atoms with Gasteiger partial charge in [0.1, 0.15) is 11.0 Å². The van der Waals surface area contributed by atoms with Crippen molar-refractivity contribution in [1.82, 2.24) is 10.3 Å². The van der Waals surface area contributed by atoms with Crippen LogP contribution < -0.4 is 5.32 Å². The molecule has 2 heterocycles. The van der Waals surface area contributed by atoms with Crippen LogP contribution in [0.4, 0.5) is 0 Å². The van der Waals surface area contributed by atoms with Gasteiger partial charge < -0.3 is 5.32 Å². The van der Waals surface area contributed by atoms with Crippen molar-refractivity contribution in [2.45, 2.75) is 13.0 Å². The van der Waals surface area contributed by atoms with Crippen LogP contribution in [0.3, 0.4) is 0 Å². The third-order valence-corrected chi connectivity index (χ3v) is 4.82. The van der Waals surface area contributed by atoms with Gasteiger partial charge in [-0.05, 0) is 17.0 Å². The molecule has 0 saturated carbocycles. The minimum Gasteiger partial charge on any atom is -0.343 e. The molecule has 3 aromatic rings. The second-order valence-corrected chi connectivity index (χ2v) is 6.43. The number of hydrogen-bond donors (Lipinski definition) is 1. The van der Waals surface area contributed by atoms with Gasteiger partial charge in [-0.1, -0.05) is 36.4 Å². The zero-order chi connectivity index (χ0) is 14.7. The van der Waals surface area contributed by atoms with Gasteiger partial charge in [0.2, 0.25) is 5.91 Å². The molecule has 0 aliphatic carbocycles. The number of carbonyl (C=O) groups excluding carboxylic acids is 1. The molecule has 0 aliphatic heterocycles. The van der Waals surface area contributed by atoms with Crippen LogP contribution in [0.15, 0.2) is 53.2 Å². The van der Waals surface area contributed by atoms with Crippen molar-refractivity contribution in [3.05, 3.63) is 63.8 Å². The van der Waals surface area contributed by atoms with Gasteiger partial charge in [0.05, 0.1) is 10.6 Å². The number of nitrogens with zero attached hydrogens (tertiary/aromatic N) is 1. The molecule has 0 bridgehead atoms. The topological polar surface area (TPSA) is 42.0 Å². The molecule has 2 aromatic heterocycles. The summed E-state index contributed by atoms with van der Waals surface area (Å²) in [6.07, 6.45) is 0. The molecule has 0 aliphatic rings. The molecule has 1 atom stereocenters. The van der Waals surface area contributed by atoms with Crippen LogP contribution in [0.1, 0.15) is 23.5 Å². The predicted molar refractivity (Wildman–Crippen MR) is 87.5 cm³/mol. The minimum absolute atomic E-state index is 0.0586. The van der Waals surface area contributed by atoms with E-state index < -0.39 is 0 Å². The second-order valence-electron chi connectivity index (χ2n) is 4.59. The lowest BCUT2D eigenvalue weighted by atomic mass is 10.1. The Morgan fingerprint density at radius 3 is 2.62 bits per heavy atom. The normalized spacial score (nSPS) is 12.0. The highest BCUT2D eigenvalue weighted by Crippen LogP contribution is 2.31. The first-order valence-corrected chi connectivity index (χ1v) is 8.31. The summed E-state index contributed by atoms with van der Waals surface area (Å²) in [7, 11) is 0. The standard InChI is InChI=1S/C16H14N2OS2/c1-11(19)17-15(12-6-3-2-4-7-12)16-18-13(10-21-16)14-8-5-9-20-14/h2-10,15H,1H3,(H,17,19). The fourth-order valence-electron chi connectivity index (χ4n) is 2.09. The van der Waals surface area contributed by atoms with Gasteiger partial charge in [-0.15, -0.1) is 22.7 Å². The quantitative estimate of drug-likeness (QED) is 0.788. The number of thiazole rings is 1. The summed E-state index contributed by atoms with van der Waals surface area (Å²) in [6, 6.07) is 13.8. The highest BCUT2D eigenvalue weighted by Gasteiger charge is 2.19. The molecule has 0 spiro atoms. The lowest BCUT2D eigenvalue weighted by Gasteiger charge is -2.15. The fraction of sp³-hybridized carbons (Fsp3) is 0.125. The van der Waals surface area contributed by atoms with E-state index in [1.165, 1.54) is 6.92 Å². The number of amides is 1. The summed E-state index contributed by atoms with van der Waals surface area (Å²) in [5.41, 5.74) is 2.01. The van der Waals surface area contributed by atoms with Gasteiger partial charge in [-0.2, -0.15) is 0 Å². The van der Waals surface area contributed by atoms with Crippen LogP contribution in [0.5, 0.6) is 0 Å². The highest BCUT2D eigenvalue weighted by atomic mass is 32.1. The van der Waals surface area contributed by atoms with E-state index in [1.54, 1.807) is 22.7 Å². The number of benzene rings is 1. The number of thiophene rings is 1. The largest absolute Gasteiger partial charge is 0.343 e. The summed E-state index contributed by atoms with van der Waals surface area (Å²) >= 11 is 3.24. The average molecular weight is 314 g/mol. The lowest BCUT2D eigenvalue weighted by Crippen LogP contribution is -2.26. The number of rotatable bonds is 4. The van der Waals surface area contributed by atoms with Crippen molar-refractivity contribution in [3.8, 4) is 10.6 Å². The molecule has 1 unspecified atom stereocenters. The second kappa shape index (κ2) is 6.20. The van der Waals surface area contributed by atoms with Crippen molar-refractivity contribution < 1.29 is 4.79 Å². The van der Waals surface area contributed by atoms with E-state index in [-0.39, 0.29) is 11.9 Å². The molecule has 1 amide bonds. The zero-order valence-electron chi connectivity index (χ0n) is 11.4. The van der Waals surface area contributed by atoms with E-state index in [0.717, 1.165) is 21.1 Å². The Morgan fingerprint density at radius 2 is 1.95 bits per heavy atom. The maximum absolute atomic E-state index is 11.5. The molecule has 0 fully saturated rings. The predicted octanol–water partition coefficient (Wildman–Crippen LogP) is 4.10. The fourth-order valence-corrected chi connectivity index (χ4v) is 3.75. The lowest BCUT2D eigenvalue weighted by molar-refractivity contribution is -0.119. The first-order valence-electron chi connectivity index (χ1n) is 6.55. The smallest absolute Gasteiger partial charge is 0.217 e. The molecule has 21 heavy (non-hydrogen) atoms. The molecule has 5 heteroatoms. The van der Waals surface area contributed by atoms with Crippen LogP contribution in [0, 0.1) is 0 Å². The first kappa shape index (κ1) is 14.0. The van der Waals surface area contributed by atoms with E-state index in [1.807, 2.05) is 47.2 Å². The van der Waals surface area contributed by atoms with E-state index in [4.69, 9.17) is 4.98 Å². The van der Waals surface area contributed by atoms with Crippen molar-refractivity contribution >= 4 is 28.6 Å². The Hall–Kier alpha value is -1.98. The summed E-state index contributed by atoms with van der Waals surface area (Å²) in [5.74, 6) is -0.0586. The van der Waals surface area contributed by atoms with Gasteiger partial charge in [-0.3, -0.25) is 4.79 Å². The Labute approximate surface area is 131 Å². The van der Waals surface area contributed by atoms with Crippen LogP contribution >= 0.6 is 22.7 Å². The molecular weight excluding hydrogens is 300 g/mol. The highest BCUT2D eigenvalue weighted by molar-refractivity contribution is 7.14. The molecule has 106 valence electrons. The monoisotopic (exact) mass is 314 g/mol. The van der Waals surface area contributed by atoms with Crippen molar-refractivity contribution in [1.29, 1.82) is 0 Å². The number of carbonyl (C=O) groups is 1. The zero-order valence-corrected chi connectivity index (χ0v) is 13.1. The van der Waals surface area contributed by atoms with Crippen LogP contribution in [-0.2, 0) is 4.79 Å². The number of hydrogen-bond acceptors (Lipinski definition) is 4. The molecule has 1 aromatic carbocycles. The third-order valence-electron chi connectivity index (χ3n) is 3.02. The van der Waals surface area contributed by atoms with Crippen molar-refractivity contribution in [2.24, 2.45) is 0 Å². The van der Waals surface area contributed by atoms with Gasteiger partial charge >= 0.3 is 0 Å². The van der Waals surface area contributed by atoms with E-state index in [0.29, 0.717) is 0 Å². The summed E-state index contributed by atoms with van der Waals surface area (Å²) in [5, 5.41) is 7.97. The Morgan fingerprint density at radius 1 is 1.14 bits per heavy atom. The molecule has 3 nitrogen and oxygen atoms in total. The van der Waals surface area contributed by atoms with Crippen LogP contribution in [0.25, 0.3) is 10.6 Å². The molecular formula is C16H14N2OS2. The average Bonchev–Trinajstić information content (AvgIpc) is 3.16. The minimum atomic E-state index is -0.192.